The van der Waals surface area contributed by atoms with Gasteiger partial charge >= 0.3 is 5.97 Å². The fourth-order valence-electron chi connectivity index (χ4n) is 3.14. The molecule has 6 nitrogen and oxygen atoms in total. The molecular weight excluding hydrogens is 380 g/mol. The van der Waals surface area contributed by atoms with E-state index in [1.54, 1.807) is 43.5 Å². The van der Waals surface area contributed by atoms with E-state index in [1.165, 1.54) is 0 Å². The van der Waals surface area contributed by atoms with Crippen LogP contribution in [0.2, 0.25) is 0 Å². The SMILES string of the molecule is Cc1cccc(NC(=O)[C@@H](C)OC(=O)c2cc(-c3ccco3)nc3ccccc23)c1. The van der Waals surface area contributed by atoms with Crippen LogP contribution in [-0.2, 0) is 9.53 Å². The highest BCUT2D eigenvalue weighted by Crippen LogP contribution is 2.26. The molecule has 0 radical (unpaired) electrons. The Morgan fingerprint density at radius 1 is 1.03 bits per heavy atom. The highest BCUT2D eigenvalue weighted by molar-refractivity contribution is 6.05. The van der Waals surface area contributed by atoms with Crippen molar-refractivity contribution in [3.05, 3.63) is 84.1 Å². The number of benzene rings is 2. The summed E-state index contributed by atoms with van der Waals surface area (Å²) < 4.78 is 10.9. The summed E-state index contributed by atoms with van der Waals surface area (Å²) in [6.07, 6.45) is 0.569. The summed E-state index contributed by atoms with van der Waals surface area (Å²) in [6, 6.07) is 19.8. The van der Waals surface area contributed by atoms with Crippen molar-refractivity contribution in [1.29, 1.82) is 0 Å². The van der Waals surface area contributed by atoms with Crippen LogP contribution < -0.4 is 5.32 Å². The van der Waals surface area contributed by atoms with Crippen LogP contribution in [0.15, 0.2) is 77.4 Å². The molecule has 150 valence electrons. The number of esters is 1. The molecule has 0 spiro atoms. The van der Waals surface area contributed by atoms with E-state index in [2.05, 4.69) is 10.3 Å². The van der Waals surface area contributed by atoms with Crippen LogP contribution in [0.25, 0.3) is 22.4 Å². The summed E-state index contributed by atoms with van der Waals surface area (Å²) in [5.41, 5.74) is 3.14. The number of aromatic nitrogens is 1. The molecule has 4 aromatic rings. The fourth-order valence-corrected chi connectivity index (χ4v) is 3.14. The molecule has 0 aliphatic rings. The van der Waals surface area contributed by atoms with Crippen molar-refractivity contribution in [3.8, 4) is 11.5 Å². The Labute approximate surface area is 173 Å². The molecule has 0 unspecified atom stereocenters. The number of fused-ring (bicyclic) bond motifs is 1. The van der Waals surface area contributed by atoms with E-state index in [9.17, 15) is 9.59 Å². The van der Waals surface area contributed by atoms with Crippen LogP contribution in [0.3, 0.4) is 0 Å². The first kappa shape index (κ1) is 19.4. The Balaban J connectivity index is 1.58. The van der Waals surface area contributed by atoms with Gasteiger partial charge in [0, 0.05) is 11.1 Å². The molecule has 0 aliphatic carbocycles. The maximum Gasteiger partial charge on any atom is 0.339 e. The molecule has 2 heterocycles. The van der Waals surface area contributed by atoms with Crippen molar-refractivity contribution in [3.63, 3.8) is 0 Å². The lowest BCUT2D eigenvalue weighted by Gasteiger charge is -2.15. The summed E-state index contributed by atoms with van der Waals surface area (Å²) in [5, 5.41) is 3.41. The number of ether oxygens (including phenoxy) is 1. The van der Waals surface area contributed by atoms with Gasteiger partial charge in [-0.05, 0) is 55.8 Å². The molecule has 2 aromatic heterocycles. The second-order valence-electron chi connectivity index (χ2n) is 6.96. The third-order valence-electron chi connectivity index (χ3n) is 4.65. The van der Waals surface area contributed by atoms with Crippen LogP contribution in [0.5, 0.6) is 0 Å². The first-order chi connectivity index (χ1) is 14.5. The third-order valence-corrected chi connectivity index (χ3v) is 4.65. The standard InChI is InChI=1S/C24H20N2O4/c1-15-7-5-8-17(13-15)25-23(27)16(2)30-24(28)19-14-21(22-11-6-12-29-22)26-20-10-4-3-9-18(19)20/h3-14,16H,1-2H3,(H,25,27)/t16-/m1/s1. The Hall–Kier alpha value is -3.93. The molecule has 6 heteroatoms. The van der Waals surface area contributed by atoms with Gasteiger partial charge in [0.25, 0.3) is 5.91 Å². The van der Waals surface area contributed by atoms with Crippen molar-refractivity contribution in [2.45, 2.75) is 20.0 Å². The zero-order chi connectivity index (χ0) is 21.1. The zero-order valence-corrected chi connectivity index (χ0v) is 16.6. The molecule has 0 saturated heterocycles. The normalized spacial score (nSPS) is 11.8. The van der Waals surface area contributed by atoms with E-state index in [1.807, 2.05) is 43.3 Å². The average molecular weight is 400 g/mol. The minimum absolute atomic E-state index is 0.321. The third kappa shape index (κ3) is 4.07. The summed E-state index contributed by atoms with van der Waals surface area (Å²) >= 11 is 0. The summed E-state index contributed by atoms with van der Waals surface area (Å²) in [4.78, 5) is 30.0. The molecule has 0 bridgehead atoms. The van der Waals surface area contributed by atoms with Crippen LogP contribution in [0, 0.1) is 6.92 Å². The number of para-hydroxylation sites is 1. The monoisotopic (exact) mass is 400 g/mol. The minimum Gasteiger partial charge on any atom is -0.463 e. The summed E-state index contributed by atoms with van der Waals surface area (Å²) in [5.74, 6) is -0.466. The maximum atomic E-state index is 12.9. The van der Waals surface area contributed by atoms with Gasteiger partial charge < -0.3 is 14.5 Å². The van der Waals surface area contributed by atoms with Crippen LogP contribution >= 0.6 is 0 Å². The lowest BCUT2D eigenvalue weighted by molar-refractivity contribution is -0.123. The van der Waals surface area contributed by atoms with Gasteiger partial charge in [-0.3, -0.25) is 4.79 Å². The number of rotatable bonds is 5. The topological polar surface area (TPSA) is 81.4 Å². The Kier molecular flexibility index (Phi) is 5.30. The lowest BCUT2D eigenvalue weighted by Crippen LogP contribution is -2.30. The highest BCUT2D eigenvalue weighted by Gasteiger charge is 2.22. The highest BCUT2D eigenvalue weighted by atomic mass is 16.5. The first-order valence-electron chi connectivity index (χ1n) is 9.53. The predicted molar refractivity (Wildman–Crippen MR) is 114 cm³/mol. The maximum absolute atomic E-state index is 12.9. The Morgan fingerprint density at radius 3 is 2.63 bits per heavy atom. The molecule has 0 saturated carbocycles. The second-order valence-corrected chi connectivity index (χ2v) is 6.96. The zero-order valence-electron chi connectivity index (χ0n) is 16.6. The van der Waals surface area contributed by atoms with Crippen molar-refractivity contribution >= 4 is 28.5 Å². The van der Waals surface area contributed by atoms with Gasteiger partial charge in [0.15, 0.2) is 11.9 Å². The predicted octanol–water partition coefficient (Wildman–Crippen LogP) is 4.99. The van der Waals surface area contributed by atoms with Gasteiger partial charge in [-0.1, -0.05) is 30.3 Å². The Morgan fingerprint density at radius 2 is 1.87 bits per heavy atom. The van der Waals surface area contributed by atoms with E-state index in [4.69, 9.17) is 9.15 Å². The smallest absolute Gasteiger partial charge is 0.339 e. The number of pyridine rings is 1. The molecular formula is C24H20N2O4. The molecule has 30 heavy (non-hydrogen) atoms. The average Bonchev–Trinajstić information content (AvgIpc) is 3.28. The van der Waals surface area contributed by atoms with Gasteiger partial charge in [-0.25, -0.2) is 9.78 Å². The number of amides is 1. The number of nitrogens with zero attached hydrogens (tertiary/aromatic N) is 1. The number of hydrogen-bond donors (Lipinski definition) is 1. The molecule has 0 aliphatic heterocycles. The minimum atomic E-state index is -0.975. The molecule has 1 N–H and O–H groups in total. The molecule has 1 atom stereocenters. The number of nitrogens with one attached hydrogen (secondary N) is 1. The van der Waals surface area contributed by atoms with Gasteiger partial charge in [0.2, 0.25) is 0 Å². The van der Waals surface area contributed by atoms with Gasteiger partial charge in [-0.15, -0.1) is 0 Å². The van der Waals surface area contributed by atoms with E-state index in [-0.39, 0.29) is 0 Å². The quantitative estimate of drug-likeness (QED) is 0.478. The van der Waals surface area contributed by atoms with Crippen LogP contribution in [0.4, 0.5) is 5.69 Å². The van der Waals surface area contributed by atoms with E-state index in [0.29, 0.717) is 33.6 Å². The fraction of sp³-hybridized carbons (Fsp3) is 0.125. The van der Waals surface area contributed by atoms with Crippen molar-refractivity contribution in [1.82, 2.24) is 4.98 Å². The number of aryl methyl sites for hydroxylation is 1. The van der Waals surface area contributed by atoms with E-state index < -0.39 is 18.0 Å². The Bertz CT molecular complexity index is 1220. The van der Waals surface area contributed by atoms with Crippen LogP contribution in [-0.4, -0.2) is 23.0 Å². The molecule has 2 aromatic carbocycles. The summed E-state index contributed by atoms with van der Waals surface area (Å²) in [6.45, 7) is 3.48. The van der Waals surface area contributed by atoms with E-state index >= 15 is 0 Å². The van der Waals surface area contributed by atoms with Crippen molar-refractivity contribution < 1.29 is 18.7 Å². The molecule has 1 amide bonds. The van der Waals surface area contributed by atoms with E-state index in [0.717, 1.165) is 5.56 Å². The lowest BCUT2D eigenvalue weighted by atomic mass is 10.1. The second kappa shape index (κ2) is 8.21. The molecule has 0 fully saturated rings. The van der Waals surface area contributed by atoms with Gasteiger partial charge in [0.1, 0.15) is 5.69 Å². The number of anilines is 1. The first-order valence-corrected chi connectivity index (χ1v) is 9.53. The van der Waals surface area contributed by atoms with Crippen molar-refractivity contribution in [2.75, 3.05) is 5.32 Å². The number of furan rings is 1. The molecule has 4 rings (SSSR count). The number of carbonyl (C=O) groups is 2. The van der Waals surface area contributed by atoms with Gasteiger partial charge in [0.05, 0.1) is 17.3 Å². The van der Waals surface area contributed by atoms with Crippen LogP contribution in [0.1, 0.15) is 22.8 Å². The number of carbonyl (C=O) groups excluding carboxylic acids is 2. The largest absolute Gasteiger partial charge is 0.463 e. The number of hydrogen-bond acceptors (Lipinski definition) is 5. The van der Waals surface area contributed by atoms with Gasteiger partial charge in [-0.2, -0.15) is 0 Å². The van der Waals surface area contributed by atoms with Crippen molar-refractivity contribution in [2.24, 2.45) is 0 Å². The summed E-state index contributed by atoms with van der Waals surface area (Å²) in [7, 11) is 0.